The average Bonchev–Trinajstić information content (AvgIpc) is 2.33. The van der Waals surface area contributed by atoms with Crippen LogP contribution in [-0.2, 0) is 0 Å². The van der Waals surface area contributed by atoms with Crippen LogP contribution in [-0.4, -0.2) is 12.6 Å². The quantitative estimate of drug-likeness (QED) is 0.484. The van der Waals surface area contributed by atoms with E-state index in [1.807, 2.05) is 6.20 Å². The lowest BCUT2D eigenvalue weighted by molar-refractivity contribution is 0.588. The molecular weight excluding hydrogens is 112 g/mol. The van der Waals surface area contributed by atoms with Crippen molar-refractivity contribution in [3.05, 3.63) is 24.0 Å². The minimum atomic E-state index is 0.603. The summed E-state index contributed by atoms with van der Waals surface area (Å²) in [7, 11) is 0. The molecule has 0 fully saturated rings. The standard InChI is InChI=1S/C7H10N2/c1-4-9-7-2-3-8-5-6(1)7/h1,4-5,7-9H,2-3H2. The Kier molecular flexibility index (Phi) is 0.979. The van der Waals surface area contributed by atoms with Gasteiger partial charge in [0.25, 0.3) is 0 Å². The zero-order valence-electron chi connectivity index (χ0n) is 5.22. The SMILES string of the molecule is C1=CC2=CNCCC2N1. The summed E-state index contributed by atoms with van der Waals surface area (Å²) in [5.74, 6) is 0. The number of rotatable bonds is 0. The fourth-order valence-corrected chi connectivity index (χ4v) is 1.29. The molecule has 48 valence electrons. The Labute approximate surface area is 54.6 Å². The van der Waals surface area contributed by atoms with Crippen molar-refractivity contribution < 1.29 is 0 Å². The maximum atomic E-state index is 3.27. The second kappa shape index (κ2) is 1.79. The van der Waals surface area contributed by atoms with E-state index in [-0.39, 0.29) is 0 Å². The second-order valence-corrected chi connectivity index (χ2v) is 2.44. The van der Waals surface area contributed by atoms with Gasteiger partial charge in [0.15, 0.2) is 0 Å². The summed E-state index contributed by atoms with van der Waals surface area (Å²) < 4.78 is 0. The van der Waals surface area contributed by atoms with E-state index in [0.717, 1.165) is 6.54 Å². The molecule has 9 heavy (non-hydrogen) atoms. The molecule has 1 unspecified atom stereocenters. The molecule has 2 heteroatoms. The predicted octanol–water partition coefficient (Wildman–Crippen LogP) is 0.349. The zero-order chi connectivity index (χ0) is 6.10. The number of hydrogen-bond donors (Lipinski definition) is 2. The van der Waals surface area contributed by atoms with Crippen LogP contribution in [0.15, 0.2) is 24.0 Å². The first-order valence-electron chi connectivity index (χ1n) is 3.33. The molecule has 2 aliphatic heterocycles. The van der Waals surface area contributed by atoms with Crippen molar-refractivity contribution in [2.45, 2.75) is 12.5 Å². The molecule has 0 saturated carbocycles. The minimum Gasteiger partial charge on any atom is -0.391 e. The van der Waals surface area contributed by atoms with Crippen LogP contribution < -0.4 is 10.6 Å². The summed E-state index contributed by atoms with van der Waals surface area (Å²) in [5.41, 5.74) is 1.39. The lowest BCUT2D eigenvalue weighted by atomic mass is 10.1. The Morgan fingerprint density at radius 1 is 1.56 bits per heavy atom. The molecule has 2 N–H and O–H groups in total. The van der Waals surface area contributed by atoms with Gasteiger partial charge in [0.05, 0.1) is 6.04 Å². The fourth-order valence-electron chi connectivity index (χ4n) is 1.29. The van der Waals surface area contributed by atoms with Crippen molar-refractivity contribution in [2.24, 2.45) is 0 Å². The lowest BCUT2D eigenvalue weighted by Gasteiger charge is -2.18. The smallest absolute Gasteiger partial charge is 0.0539 e. The Morgan fingerprint density at radius 2 is 2.56 bits per heavy atom. The molecule has 0 aromatic carbocycles. The van der Waals surface area contributed by atoms with Gasteiger partial charge in [-0.2, -0.15) is 0 Å². The topological polar surface area (TPSA) is 24.1 Å². The zero-order valence-corrected chi connectivity index (χ0v) is 5.22. The predicted molar refractivity (Wildman–Crippen MR) is 36.8 cm³/mol. The summed E-state index contributed by atoms with van der Waals surface area (Å²) in [6, 6.07) is 0.603. The summed E-state index contributed by atoms with van der Waals surface area (Å²) >= 11 is 0. The van der Waals surface area contributed by atoms with Gasteiger partial charge in [-0.25, -0.2) is 0 Å². The van der Waals surface area contributed by atoms with E-state index < -0.39 is 0 Å². The van der Waals surface area contributed by atoms with Gasteiger partial charge >= 0.3 is 0 Å². The van der Waals surface area contributed by atoms with Crippen molar-refractivity contribution in [3.63, 3.8) is 0 Å². The van der Waals surface area contributed by atoms with Crippen LogP contribution in [0.3, 0.4) is 0 Å². The van der Waals surface area contributed by atoms with Gasteiger partial charge in [-0.1, -0.05) is 0 Å². The van der Waals surface area contributed by atoms with Crippen LogP contribution in [0.4, 0.5) is 0 Å². The van der Waals surface area contributed by atoms with Gasteiger partial charge in [0.2, 0.25) is 0 Å². The summed E-state index contributed by atoms with van der Waals surface area (Å²) in [6.45, 7) is 1.10. The molecule has 2 rings (SSSR count). The second-order valence-electron chi connectivity index (χ2n) is 2.44. The van der Waals surface area contributed by atoms with Crippen LogP contribution in [0.5, 0.6) is 0 Å². The Balaban J connectivity index is 2.23. The van der Waals surface area contributed by atoms with Crippen molar-refractivity contribution in [3.8, 4) is 0 Å². The largest absolute Gasteiger partial charge is 0.391 e. The number of nitrogens with one attached hydrogen (secondary N) is 2. The lowest BCUT2D eigenvalue weighted by Crippen LogP contribution is -2.30. The van der Waals surface area contributed by atoms with Gasteiger partial charge in [0, 0.05) is 12.7 Å². The van der Waals surface area contributed by atoms with Crippen LogP contribution >= 0.6 is 0 Å². The molecular formula is C7H10N2. The van der Waals surface area contributed by atoms with Gasteiger partial charge in [-0.05, 0) is 24.3 Å². The first kappa shape index (κ1) is 4.91. The van der Waals surface area contributed by atoms with E-state index in [4.69, 9.17) is 0 Å². The van der Waals surface area contributed by atoms with Gasteiger partial charge in [-0.3, -0.25) is 0 Å². The molecule has 0 aliphatic carbocycles. The van der Waals surface area contributed by atoms with E-state index in [0.29, 0.717) is 6.04 Å². The first-order chi connectivity index (χ1) is 4.47. The highest BCUT2D eigenvalue weighted by Crippen LogP contribution is 2.14. The van der Waals surface area contributed by atoms with Crippen LogP contribution in [0.1, 0.15) is 6.42 Å². The highest BCUT2D eigenvalue weighted by atomic mass is 15.0. The first-order valence-corrected chi connectivity index (χ1v) is 3.33. The number of hydrogen-bond acceptors (Lipinski definition) is 2. The fraction of sp³-hybridized carbons (Fsp3) is 0.429. The number of fused-ring (bicyclic) bond motifs is 1. The molecule has 2 aliphatic rings. The molecule has 1 atom stereocenters. The van der Waals surface area contributed by atoms with E-state index in [9.17, 15) is 0 Å². The monoisotopic (exact) mass is 122 g/mol. The Hall–Kier alpha value is -0.920. The van der Waals surface area contributed by atoms with Gasteiger partial charge < -0.3 is 10.6 Å². The highest BCUT2D eigenvalue weighted by Gasteiger charge is 2.16. The molecule has 0 saturated heterocycles. The molecule has 0 aromatic rings. The van der Waals surface area contributed by atoms with Crippen molar-refractivity contribution in [1.29, 1.82) is 0 Å². The third-order valence-electron chi connectivity index (χ3n) is 1.82. The van der Waals surface area contributed by atoms with Gasteiger partial charge in [0.1, 0.15) is 0 Å². The summed E-state index contributed by atoms with van der Waals surface area (Å²) in [5, 5.41) is 6.47. The van der Waals surface area contributed by atoms with E-state index in [2.05, 4.69) is 22.9 Å². The van der Waals surface area contributed by atoms with Crippen molar-refractivity contribution in [2.75, 3.05) is 6.54 Å². The highest BCUT2D eigenvalue weighted by molar-refractivity contribution is 5.31. The maximum Gasteiger partial charge on any atom is 0.0539 e. The third-order valence-corrected chi connectivity index (χ3v) is 1.82. The van der Waals surface area contributed by atoms with Gasteiger partial charge in [-0.15, -0.1) is 0 Å². The molecule has 2 nitrogen and oxygen atoms in total. The Bertz CT molecular complexity index is 170. The van der Waals surface area contributed by atoms with Crippen LogP contribution in [0.25, 0.3) is 0 Å². The molecule has 0 bridgehead atoms. The third kappa shape index (κ3) is 0.707. The van der Waals surface area contributed by atoms with E-state index in [1.165, 1.54) is 12.0 Å². The summed E-state index contributed by atoms with van der Waals surface area (Å²) in [6.07, 6.45) is 7.43. The van der Waals surface area contributed by atoms with Crippen molar-refractivity contribution >= 4 is 0 Å². The molecule has 0 amide bonds. The normalized spacial score (nSPS) is 30.2. The van der Waals surface area contributed by atoms with Crippen molar-refractivity contribution in [1.82, 2.24) is 10.6 Å². The molecule has 0 aromatic heterocycles. The maximum absolute atomic E-state index is 3.27. The van der Waals surface area contributed by atoms with Crippen LogP contribution in [0.2, 0.25) is 0 Å². The molecule has 0 radical (unpaired) electrons. The summed E-state index contributed by atoms with van der Waals surface area (Å²) in [4.78, 5) is 0. The van der Waals surface area contributed by atoms with E-state index in [1.54, 1.807) is 0 Å². The van der Waals surface area contributed by atoms with Crippen LogP contribution in [0, 0.1) is 0 Å². The molecule has 2 heterocycles. The Morgan fingerprint density at radius 3 is 3.44 bits per heavy atom. The minimum absolute atomic E-state index is 0.603. The molecule has 0 spiro atoms. The van der Waals surface area contributed by atoms with E-state index >= 15 is 0 Å². The average molecular weight is 122 g/mol.